The number of piperidine rings is 1. The fourth-order valence-corrected chi connectivity index (χ4v) is 4.87. The molecule has 0 aliphatic carbocycles. The quantitative estimate of drug-likeness (QED) is 0.830. The Kier molecular flexibility index (Phi) is 5.90. The van der Waals surface area contributed by atoms with Crippen LogP contribution in [0.2, 0.25) is 0 Å². The van der Waals surface area contributed by atoms with Gasteiger partial charge in [0.1, 0.15) is 0 Å². The van der Waals surface area contributed by atoms with Crippen molar-refractivity contribution in [2.24, 2.45) is 5.92 Å². The molecule has 0 bridgehead atoms. The van der Waals surface area contributed by atoms with Crippen LogP contribution in [0.5, 0.6) is 0 Å². The third-order valence-corrected chi connectivity index (χ3v) is 6.92. The zero-order chi connectivity index (χ0) is 20.5. The van der Waals surface area contributed by atoms with Crippen LogP contribution in [0, 0.1) is 19.8 Å². The van der Waals surface area contributed by atoms with Crippen molar-refractivity contribution < 1.29 is 13.2 Å². The average Bonchev–Trinajstić information content (AvgIpc) is 3.15. The first-order valence-corrected chi connectivity index (χ1v) is 11.0. The van der Waals surface area contributed by atoms with Crippen molar-refractivity contribution >= 4 is 21.6 Å². The second kappa shape index (κ2) is 8.05. The van der Waals surface area contributed by atoms with Crippen molar-refractivity contribution in [1.29, 1.82) is 0 Å². The van der Waals surface area contributed by atoms with E-state index in [2.05, 4.69) is 10.3 Å². The summed E-state index contributed by atoms with van der Waals surface area (Å²) in [5, 5.41) is 3.00. The third-order valence-electron chi connectivity index (χ3n) is 5.17. The van der Waals surface area contributed by atoms with E-state index in [9.17, 15) is 13.2 Å². The number of carbonyl (C=O) groups is 1. The van der Waals surface area contributed by atoms with Crippen LogP contribution in [0.3, 0.4) is 0 Å². The van der Waals surface area contributed by atoms with Gasteiger partial charge in [-0.15, -0.1) is 0 Å². The maximum atomic E-state index is 13.0. The van der Waals surface area contributed by atoms with E-state index in [1.165, 1.54) is 10.6 Å². The highest BCUT2D eigenvalue weighted by Crippen LogP contribution is 2.25. The normalized spacial score (nSPS) is 18.4. The van der Waals surface area contributed by atoms with E-state index < -0.39 is 10.0 Å². The lowest BCUT2D eigenvalue weighted by Crippen LogP contribution is -2.43. The van der Waals surface area contributed by atoms with Gasteiger partial charge >= 0.3 is 0 Å². The predicted octanol–water partition coefficient (Wildman–Crippen LogP) is 3.12. The Morgan fingerprint density at radius 1 is 1.29 bits per heavy atom. The van der Waals surface area contributed by atoms with Gasteiger partial charge in [0.25, 0.3) is 10.0 Å². The highest BCUT2D eigenvalue weighted by Gasteiger charge is 2.34. The molecule has 0 spiro atoms. The van der Waals surface area contributed by atoms with Crippen LogP contribution in [0.4, 0.5) is 5.69 Å². The molecule has 8 heteroatoms. The number of aromatic nitrogens is 2. The number of hydrogen-bond donors (Lipinski definition) is 1. The summed E-state index contributed by atoms with van der Waals surface area (Å²) in [6.07, 6.45) is 4.41. The van der Waals surface area contributed by atoms with E-state index in [0.717, 1.165) is 16.8 Å². The van der Waals surface area contributed by atoms with Crippen LogP contribution in [0.1, 0.15) is 43.9 Å². The van der Waals surface area contributed by atoms with Gasteiger partial charge in [0.2, 0.25) is 5.91 Å². The number of benzene rings is 1. The second-order valence-corrected chi connectivity index (χ2v) is 9.65. The molecule has 1 aromatic carbocycles. The van der Waals surface area contributed by atoms with Crippen LogP contribution in [0.15, 0.2) is 35.7 Å². The van der Waals surface area contributed by atoms with Crippen molar-refractivity contribution in [2.45, 2.75) is 51.6 Å². The van der Waals surface area contributed by atoms with E-state index in [-0.39, 0.29) is 29.4 Å². The van der Waals surface area contributed by atoms with Gasteiger partial charge in [0.05, 0.1) is 12.2 Å². The number of hydrogen-bond acceptors (Lipinski definition) is 4. The molecule has 1 fully saturated rings. The largest absolute Gasteiger partial charge is 0.334 e. The minimum atomic E-state index is -3.71. The molecular weight excluding hydrogens is 376 g/mol. The fraction of sp³-hybridized carbons (Fsp3) is 0.500. The summed E-state index contributed by atoms with van der Waals surface area (Å²) in [4.78, 5) is 16.8. The lowest BCUT2D eigenvalue weighted by atomic mass is 9.98. The number of amides is 1. The summed E-state index contributed by atoms with van der Waals surface area (Å²) < 4.78 is 29.1. The highest BCUT2D eigenvalue weighted by atomic mass is 32.2. The Morgan fingerprint density at radius 3 is 2.68 bits per heavy atom. The lowest BCUT2D eigenvalue weighted by molar-refractivity contribution is -0.120. The van der Waals surface area contributed by atoms with Crippen LogP contribution < -0.4 is 5.32 Å². The van der Waals surface area contributed by atoms with E-state index in [4.69, 9.17) is 0 Å². The Labute approximate surface area is 166 Å². The molecule has 1 aromatic heterocycles. The summed E-state index contributed by atoms with van der Waals surface area (Å²) in [5.74, 6) is -0.518. The third kappa shape index (κ3) is 4.28. The Bertz CT molecular complexity index is 966. The molecule has 1 amide bonds. The molecule has 1 aliphatic rings. The zero-order valence-electron chi connectivity index (χ0n) is 16.8. The number of nitrogens with one attached hydrogen (secondary N) is 1. The predicted molar refractivity (Wildman–Crippen MR) is 109 cm³/mol. The van der Waals surface area contributed by atoms with Gasteiger partial charge in [0.15, 0.2) is 5.03 Å². The molecule has 2 aromatic rings. The van der Waals surface area contributed by atoms with Crippen LogP contribution in [-0.4, -0.2) is 41.3 Å². The number of anilines is 1. The fourth-order valence-electron chi connectivity index (χ4n) is 3.43. The van der Waals surface area contributed by atoms with E-state index in [1.807, 2.05) is 45.9 Å². The summed E-state index contributed by atoms with van der Waals surface area (Å²) in [6, 6.07) is 5.98. The molecule has 2 heterocycles. The van der Waals surface area contributed by atoms with Gasteiger partial charge in [-0.05, 0) is 52.2 Å². The number of nitrogens with zero attached hydrogens (tertiary/aromatic N) is 3. The second-order valence-electron chi connectivity index (χ2n) is 7.76. The SMILES string of the molecule is Cc1ccc(NC(=O)[C@@H]2CCCN(S(=O)(=O)c3cn(C(C)C)cn3)C2)c(C)c1. The molecule has 0 unspecified atom stereocenters. The van der Waals surface area contributed by atoms with Crippen LogP contribution in [-0.2, 0) is 14.8 Å². The molecule has 0 radical (unpaired) electrons. The summed E-state index contributed by atoms with van der Waals surface area (Å²) >= 11 is 0. The van der Waals surface area contributed by atoms with E-state index in [1.54, 1.807) is 10.8 Å². The molecule has 1 saturated heterocycles. The molecule has 1 atom stereocenters. The van der Waals surface area contributed by atoms with E-state index in [0.29, 0.717) is 19.4 Å². The summed E-state index contributed by atoms with van der Waals surface area (Å²) in [6.45, 7) is 8.46. The topological polar surface area (TPSA) is 84.3 Å². The van der Waals surface area contributed by atoms with Gasteiger partial charge < -0.3 is 9.88 Å². The van der Waals surface area contributed by atoms with Crippen molar-refractivity contribution in [3.05, 3.63) is 41.9 Å². The Morgan fingerprint density at radius 2 is 2.04 bits per heavy atom. The number of carbonyl (C=O) groups excluding carboxylic acids is 1. The van der Waals surface area contributed by atoms with Gasteiger partial charge in [-0.2, -0.15) is 4.31 Å². The van der Waals surface area contributed by atoms with Crippen molar-refractivity contribution in [2.75, 3.05) is 18.4 Å². The Balaban J connectivity index is 1.72. The van der Waals surface area contributed by atoms with Crippen LogP contribution in [0.25, 0.3) is 0 Å². The van der Waals surface area contributed by atoms with Gasteiger partial charge in [-0.3, -0.25) is 4.79 Å². The molecular formula is C20H28N4O3S. The maximum absolute atomic E-state index is 13.0. The Hall–Kier alpha value is -2.19. The van der Waals surface area contributed by atoms with Crippen LogP contribution >= 0.6 is 0 Å². The lowest BCUT2D eigenvalue weighted by Gasteiger charge is -2.30. The van der Waals surface area contributed by atoms with Crippen molar-refractivity contribution in [1.82, 2.24) is 13.9 Å². The first kappa shape index (κ1) is 20.5. The molecule has 28 heavy (non-hydrogen) atoms. The first-order chi connectivity index (χ1) is 13.2. The maximum Gasteiger partial charge on any atom is 0.262 e. The molecule has 152 valence electrons. The molecule has 7 nitrogen and oxygen atoms in total. The van der Waals surface area contributed by atoms with Gasteiger partial charge in [-0.1, -0.05) is 17.7 Å². The number of aryl methyl sites for hydroxylation is 2. The molecule has 1 N–H and O–H groups in total. The van der Waals surface area contributed by atoms with Gasteiger partial charge in [-0.25, -0.2) is 13.4 Å². The van der Waals surface area contributed by atoms with Crippen molar-refractivity contribution in [3.8, 4) is 0 Å². The molecule has 1 aliphatic heterocycles. The molecule has 3 rings (SSSR count). The number of rotatable bonds is 5. The smallest absolute Gasteiger partial charge is 0.262 e. The number of sulfonamides is 1. The zero-order valence-corrected chi connectivity index (χ0v) is 17.7. The van der Waals surface area contributed by atoms with E-state index >= 15 is 0 Å². The molecule has 0 saturated carbocycles. The average molecular weight is 405 g/mol. The minimum Gasteiger partial charge on any atom is -0.334 e. The monoisotopic (exact) mass is 404 g/mol. The van der Waals surface area contributed by atoms with Gasteiger partial charge in [0, 0.05) is 31.0 Å². The van der Waals surface area contributed by atoms with Crippen molar-refractivity contribution in [3.63, 3.8) is 0 Å². The highest BCUT2D eigenvalue weighted by molar-refractivity contribution is 7.89. The minimum absolute atomic E-state index is 0.0386. The standard InChI is InChI=1S/C20H28N4O3S/c1-14(2)23-12-19(21-13-23)28(26,27)24-9-5-6-17(11-24)20(25)22-18-8-7-15(3)10-16(18)4/h7-8,10,12-14,17H,5-6,9,11H2,1-4H3,(H,22,25)/t17-/m1/s1. The number of imidazole rings is 1. The summed E-state index contributed by atoms with van der Waals surface area (Å²) in [5.41, 5.74) is 2.89. The first-order valence-electron chi connectivity index (χ1n) is 9.60. The summed E-state index contributed by atoms with van der Waals surface area (Å²) in [7, 11) is -3.71.